The molecule has 5 heteroatoms. The van der Waals surface area contributed by atoms with E-state index in [1.54, 1.807) is 13.8 Å². The Morgan fingerprint density at radius 2 is 1.74 bits per heavy atom. The van der Waals surface area contributed by atoms with Crippen molar-refractivity contribution in [1.29, 1.82) is 0 Å². The lowest BCUT2D eigenvalue weighted by Crippen LogP contribution is -2.59. The van der Waals surface area contributed by atoms with Crippen LogP contribution in [-0.4, -0.2) is 58.3 Å². The smallest absolute Gasteiger partial charge is 0.0967 e. The van der Waals surface area contributed by atoms with Crippen molar-refractivity contribution >= 4 is 0 Å². The van der Waals surface area contributed by atoms with Crippen LogP contribution in [0.15, 0.2) is 0 Å². The maximum atomic E-state index is 9.78. The largest absolute Gasteiger partial charge is 0.395 e. The Morgan fingerprint density at radius 3 is 2.13 bits per heavy atom. The Hall–Kier alpha value is -0.200. The zero-order chi connectivity index (χ0) is 18.7. The number of hydrogen-bond acceptors (Lipinski definition) is 5. The molecule has 0 amide bonds. The second-order valence-corrected chi connectivity index (χ2v) is 6.89. The second kappa shape index (κ2) is 12.2. The van der Waals surface area contributed by atoms with Crippen LogP contribution in [0.4, 0.5) is 0 Å². The molecule has 23 heavy (non-hydrogen) atoms. The van der Waals surface area contributed by atoms with E-state index in [0.29, 0.717) is 19.2 Å². The van der Waals surface area contributed by atoms with Gasteiger partial charge in [-0.15, -0.1) is 0 Å². The van der Waals surface area contributed by atoms with E-state index < -0.39 is 5.60 Å². The number of hydroxylamine groups is 2. The van der Waals surface area contributed by atoms with E-state index in [9.17, 15) is 5.11 Å². The highest BCUT2D eigenvalue weighted by Crippen LogP contribution is 2.32. The van der Waals surface area contributed by atoms with Crippen molar-refractivity contribution in [3.05, 3.63) is 0 Å². The summed E-state index contributed by atoms with van der Waals surface area (Å²) in [6.45, 7) is 19.1. The zero-order valence-corrected chi connectivity index (χ0v) is 16.9. The van der Waals surface area contributed by atoms with Crippen LogP contribution in [0.25, 0.3) is 0 Å². The molecule has 0 aromatic heterocycles. The molecule has 1 aliphatic rings. The topological polar surface area (TPSA) is 65.0 Å². The van der Waals surface area contributed by atoms with Crippen LogP contribution >= 0.6 is 0 Å². The first-order chi connectivity index (χ1) is 10.7. The third-order valence-corrected chi connectivity index (χ3v) is 3.47. The molecule has 0 saturated carbocycles. The fraction of sp³-hybridized carbons (Fsp3) is 1.00. The Labute approximate surface area is 144 Å². The molecule has 1 rings (SSSR count). The highest BCUT2D eigenvalue weighted by molar-refractivity contribution is 4.93. The number of hydrogen-bond donors (Lipinski definition) is 3. The molecule has 2 atom stereocenters. The summed E-state index contributed by atoms with van der Waals surface area (Å²) < 4.78 is 0. The van der Waals surface area contributed by atoms with Crippen LogP contribution < -0.4 is 5.32 Å². The summed E-state index contributed by atoms with van der Waals surface area (Å²) in [6.07, 6.45) is 1.94. The van der Waals surface area contributed by atoms with E-state index in [0.717, 1.165) is 12.8 Å². The minimum absolute atomic E-state index is 0.0873. The van der Waals surface area contributed by atoms with Gasteiger partial charge < -0.3 is 15.5 Å². The Morgan fingerprint density at radius 1 is 1.22 bits per heavy atom. The van der Waals surface area contributed by atoms with Gasteiger partial charge in [0.2, 0.25) is 0 Å². The number of aliphatic hydroxyl groups excluding tert-OH is 1. The monoisotopic (exact) mass is 334 g/mol. The van der Waals surface area contributed by atoms with Crippen molar-refractivity contribution in [2.75, 3.05) is 19.8 Å². The second-order valence-electron chi connectivity index (χ2n) is 6.89. The quantitative estimate of drug-likeness (QED) is 0.697. The minimum Gasteiger partial charge on any atom is -0.395 e. The SMILES string of the molecule is CC.CC.CC1CC(NCCO)CC(C)(C)N1OCC(C)(C)O. The van der Waals surface area contributed by atoms with Crippen LogP contribution in [0, 0.1) is 0 Å². The van der Waals surface area contributed by atoms with E-state index in [1.165, 1.54) is 0 Å². The van der Waals surface area contributed by atoms with Crippen molar-refractivity contribution in [2.45, 2.75) is 98.4 Å². The van der Waals surface area contributed by atoms with Crippen LogP contribution in [-0.2, 0) is 4.84 Å². The number of aliphatic hydroxyl groups is 2. The van der Waals surface area contributed by atoms with E-state index in [-0.39, 0.29) is 18.2 Å². The average Bonchev–Trinajstić information content (AvgIpc) is 2.46. The fourth-order valence-corrected chi connectivity index (χ4v) is 2.83. The predicted molar refractivity (Wildman–Crippen MR) is 98.4 cm³/mol. The lowest BCUT2D eigenvalue weighted by molar-refractivity contribution is -0.272. The molecule has 1 fully saturated rings. The van der Waals surface area contributed by atoms with Gasteiger partial charge in [0.25, 0.3) is 0 Å². The van der Waals surface area contributed by atoms with Gasteiger partial charge in [-0.05, 0) is 47.5 Å². The van der Waals surface area contributed by atoms with Crippen LogP contribution in [0.1, 0.15) is 75.2 Å². The predicted octanol–water partition coefficient (Wildman–Crippen LogP) is 2.95. The summed E-state index contributed by atoms with van der Waals surface area (Å²) in [6, 6.07) is 0.682. The standard InChI is InChI=1S/C14H30N2O3.2C2H6/c1-11-8-12(15-6-7-17)9-13(2,3)16(11)19-10-14(4,5)18;2*1-2/h11-12,15,17-18H,6-10H2,1-5H3;2*1-2H3. The number of rotatable bonds is 6. The summed E-state index contributed by atoms with van der Waals surface area (Å²) in [5, 5.41) is 24.1. The number of nitrogens with one attached hydrogen (secondary N) is 1. The summed E-state index contributed by atoms with van der Waals surface area (Å²) in [7, 11) is 0. The number of nitrogens with zero attached hydrogens (tertiary/aromatic N) is 1. The highest BCUT2D eigenvalue weighted by atomic mass is 16.7. The van der Waals surface area contributed by atoms with Gasteiger partial charge in [0, 0.05) is 24.2 Å². The lowest BCUT2D eigenvalue weighted by Gasteiger charge is -2.49. The summed E-state index contributed by atoms with van der Waals surface area (Å²) in [4.78, 5) is 5.83. The first kappa shape index (κ1) is 25.0. The zero-order valence-electron chi connectivity index (χ0n) is 16.9. The Balaban J connectivity index is 0. The molecule has 2 unspecified atom stereocenters. The van der Waals surface area contributed by atoms with Crippen molar-refractivity contribution in [2.24, 2.45) is 0 Å². The molecule has 0 radical (unpaired) electrons. The van der Waals surface area contributed by atoms with Crippen molar-refractivity contribution in [1.82, 2.24) is 10.4 Å². The van der Waals surface area contributed by atoms with E-state index >= 15 is 0 Å². The summed E-state index contributed by atoms with van der Waals surface area (Å²) in [5.74, 6) is 0. The highest BCUT2D eigenvalue weighted by Gasteiger charge is 2.40. The minimum atomic E-state index is -0.818. The van der Waals surface area contributed by atoms with Gasteiger partial charge in [0.1, 0.15) is 0 Å². The van der Waals surface area contributed by atoms with Gasteiger partial charge >= 0.3 is 0 Å². The molecule has 5 nitrogen and oxygen atoms in total. The first-order valence-corrected chi connectivity index (χ1v) is 9.14. The molecule has 0 bridgehead atoms. The number of piperidine rings is 1. The van der Waals surface area contributed by atoms with Crippen molar-refractivity contribution < 1.29 is 15.1 Å². The van der Waals surface area contributed by atoms with E-state index in [1.807, 2.05) is 32.8 Å². The summed E-state index contributed by atoms with van der Waals surface area (Å²) in [5.41, 5.74) is -0.905. The van der Waals surface area contributed by atoms with Crippen LogP contribution in [0.5, 0.6) is 0 Å². The molecule has 1 aliphatic heterocycles. The Kier molecular flexibility index (Phi) is 13.3. The maximum absolute atomic E-state index is 9.78. The molecule has 0 aliphatic carbocycles. The van der Waals surface area contributed by atoms with Crippen molar-refractivity contribution in [3.63, 3.8) is 0 Å². The molecule has 1 saturated heterocycles. The molecule has 1 heterocycles. The Bertz CT molecular complexity index is 278. The maximum Gasteiger partial charge on any atom is 0.0967 e. The third kappa shape index (κ3) is 10.3. The average molecular weight is 335 g/mol. The first-order valence-electron chi connectivity index (χ1n) is 9.14. The van der Waals surface area contributed by atoms with Crippen LogP contribution in [0.2, 0.25) is 0 Å². The molecule has 3 N–H and O–H groups in total. The molecule has 0 aromatic carbocycles. The van der Waals surface area contributed by atoms with E-state index in [2.05, 4.69) is 26.1 Å². The molecular formula is C18H42N2O3. The molecule has 142 valence electrons. The van der Waals surface area contributed by atoms with Gasteiger partial charge in [-0.2, -0.15) is 5.06 Å². The summed E-state index contributed by atoms with van der Waals surface area (Å²) >= 11 is 0. The lowest BCUT2D eigenvalue weighted by atomic mass is 9.85. The van der Waals surface area contributed by atoms with Crippen LogP contribution in [0.3, 0.4) is 0 Å². The molecule has 0 aromatic rings. The van der Waals surface area contributed by atoms with Gasteiger partial charge in [0.05, 0.1) is 18.8 Å². The van der Waals surface area contributed by atoms with Gasteiger partial charge in [0.15, 0.2) is 0 Å². The normalized spacial score (nSPS) is 24.1. The molecular weight excluding hydrogens is 292 g/mol. The van der Waals surface area contributed by atoms with Gasteiger partial charge in [-0.3, -0.25) is 4.84 Å². The van der Waals surface area contributed by atoms with E-state index in [4.69, 9.17) is 9.94 Å². The fourth-order valence-electron chi connectivity index (χ4n) is 2.83. The molecule has 0 spiro atoms. The van der Waals surface area contributed by atoms with Gasteiger partial charge in [-0.25, -0.2) is 0 Å². The third-order valence-electron chi connectivity index (χ3n) is 3.47. The van der Waals surface area contributed by atoms with Gasteiger partial charge in [-0.1, -0.05) is 27.7 Å². The van der Waals surface area contributed by atoms with Crippen molar-refractivity contribution in [3.8, 4) is 0 Å².